The normalized spacial score (nSPS) is 10.5. The summed E-state index contributed by atoms with van der Waals surface area (Å²) in [4.78, 5) is 25.0. The Labute approximate surface area is 137 Å². The van der Waals surface area contributed by atoms with Crippen LogP contribution >= 0.6 is 12.4 Å². The van der Waals surface area contributed by atoms with Crippen molar-refractivity contribution in [1.82, 2.24) is 0 Å². The number of halogens is 1. The summed E-state index contributed by atoms with van der Waals surface area (Å²) < 4.78 is 10.3. The maximum Gasteiger partial charge on any atom is 0.328 e. The first-order chi connectivity index (χ1) is 10.1. The van der Waals surface area contributed by atoms with Gasteiger partial charge in [-0.1, -0.05) is 30.3 Å². The number of ether oxygens (including phenoxy) is 2. The summed E-state index contributed by atoms with van der Waals surface area (Å²) in [7, 11) is 0. The number of esters is 2. The van der Waals surface area contributed by atoms with Crippen molar-refractivity contribution < 1.29 is 19.1 Å². The fourth-order valence-corrected chi connectivity index (χ4v) is 2.27. The smallest absolute Gasteiger partial charge is 0.328 e. The molecule has 0 radical (unpaired) electrons. The number of benzene rings is 1. The van der Waals surface area contributed by atoms with Crippen LogP contribution in [0.15, 0.2) is 30.3 Å². The molecule has 6 heteroatoms. The minimum Gasteiger partial charge on any atom is -0.465 e. The van der Waals surface area contributed by atoms with E-state index in [1.54, 1.807) is 38.1 Å². The Morgan fingerprint density at radius 1 is 1.05 bits per heavy atom. The first-order valence-corrected chi connectivity index (χ1v) is 7.23. The SMILES string of the molecule is CCOC(=O)C(CCCN)(C(=O)OCC)c1ccccc1.Cl. The molecule has 0 aliphatic rings. The predicted molar refractivity (Wildman–Crippen MR) is 86.9 cm³/mol. The molecule has 5 nitrogen and oxygen atoms in total. The molecule has 1 rings (SSSR count). The van der Waals surface area contributed by atoms with Gasteiger partial charge in [0.15, 0.2) is 5.41 Å². The van der Waals surface area contributed by atoms with Crippen LogP contribution in [0.3, 0.4) is 0 Å². The van der Waals surface area contributed by atoms with Gasteiger partial charge in [-0.05, 0) is 38.8 Å². The second-order valence-electron chi connectivity index (χ2n) is 4.60. The van der Waals surface area contributed by atoms with Crippen LogP contribution in [0, 0.1) is 0 Å². The lowest BCUT2D eigenvalue weighted by Gasteiger charge is -2.29. The lowest BCUT2D eigenvalue weighted by molar-refractivity contribution is -0.165. The molecule has 0 heterocycles. The van der Waals surface area contributed by atoms with Crippen molar-refractivity contribution in [3.8, 4) is 0 Å². The average Bonchev–Trinajstić information content (AvgIpc) is 2.50. The quantitative estimate of drug-likeness (QED) is 0.584. The molecule has 0 unspecified atom stereocenters. The first-order valence-electron chi connectivity index (χ1n) is 7.23. The van der Waals surface area contributed by atoms with Crippen LogP contribution in [0.5, 0.6) is 0 Å². The van der Waals surface area contributed by atoms with E-state index in [0.29, 0.717) is 18.5 Å². The van der Waals surface area contributed by atoms with Crippen molar-refractivity contribution in [3.63, 3.8) is 0 Å². The molecule has 0 aliphatic carbocycles. The van der Waals surface area contributed by atoms with Gasteiger partial charge in [-0.2, -0.15) is 0 Å². The third-order valence-corrected chi connectivity index (χ3v) is 3.27. The molecule has 1 aromatic rings. The molecule has 0 fully saturated rings. The van der Waals surface area contributed by atoms with Crippen LogP contribution in [0.4, 0.5) is 0 Å². The maximum absolute atomic E-state index is 12.5. The van der Waals surface area contributed by atoms with Gasteiger partial charge in [0, 0.05) is 0 Å². The highest BCUT2D eigenvalue weighted by molar-refractivity contribution is 6.06. The number of carbonyl (C=O) groups excluding carboxylic acids is 2. The zero-order valence-corrected chi connectivity index (χ0v) is 13.9. The fraction of sp³-hybridized carbons (Fsp3) is 0.500. The summed E-state index contributed by atoms with van der Waals surface area (Å²) in [5, 5.41) is 0. The summed E-state index contributed by atoms with van der Waals surface area (Å²) >= 11 is 0. The van der Waals surface area contributed by atoms with Gasteiger partial charge in [0.25, 0.3) is 0 Å². The van der Waals surface area contributed by atoms with Gasteiger partial charge in [-0.25, -0.2) is 0 Å². The van der Waals surface area contributed by atoms with Gasteiger partial charge in [0.2, 0.25) is 0 Å². The van der Waals surface area contributed by atoms with E-state index in [9.17, 15) is 9.59 Å². The van der Waals surface area contributed by atoms with E-state index in [2.05, 4.69) is 0 Å². The second kappa shape index (κ2) is 10.2. The molecule has 2 N–H and O–H groups in total. The number of nitrogens with two attached hydrogens (primary N) is 1. The Bertz CT molecular complexity index is 446. The zero-order chi connectivity index (χ0) is 15.7. The number of hydrogen-bond acceptors (Lipinski definition) is 5. The van der Waals surface area contributed by atoms with Crippen molar-refractivity contribution >= 4 is 24.3 Å². The van der Waals surface area contributed by atoms with Crippen LogP contribution in [0.2, 0.25) is 0 Å². The Morgan fingerprint density at radius 2 is 1.55 bits per heavy atom. The minimum atomic E-state index is -1.44. The highest BCUT2D eigenvalue weighted by Crippen LogP contribution is 2.33. The van der Waals surface area contributed by atoms with Gasteiger partial charge in [-0.3, -0.25) is 9.59 Å². The summed E-state index contributed by atoms with van der Waals surface area (Å²) in [6, 6.07) is 8.87. The van der Waals surface area contributed by atoms with Crippen molar-refractivity contribution in [2.24, 2.45) is 5.73 Å². The predicted octanol–water partition coefficient (Wildman–Crippen LogP) is 2.21. The molecule has 22 heavy (non-hydrogen) atoms. The number of hydrogen-bond donors (Lipinski definition) is 1. The maximum atomic E-state index is 12.5. The van der Waals surface area contributed by atoms with Gasteiger partial charge in [-0.15, -0.1) is 12.4 Å². The summed E-state index contributed by atoms with van der Waals surface area (Å²) in [5.74, 6) is -1.16. The highest BCUT2D eigenvalue weighted by Gasteiger charge is 2.49. The molecule has 0 saturated carbocycles. The molecule has 1 aromatic carbocycles. The molecule has 124 valence electrons. The van der Waals surface area contributed by atoms with Crippen molar-refractivity contribution in [2.45, 2.75) is 32.1 Å². The van der Waals surface area contributed by atoms with Crippen LogP contribution < -0.4 is 5.73 Å². The highest BCUT2D eigenvalue weighted by atomic mass is 35.5. The average molecular weight is 330 g/mol. The van der Waals surface area contributed by atoms with Gasteiger partial charge in [0.1, 0.15) is 0 Å². The third kappa shape index (κ3) is 4.45. The van der Waals surface area contributed by atoms with Crippen LogP contribution in [0.25, 0.3) is 0 Å². The molecule has 0 atom stereocenters. The monoisotopic (exact) mass is 329 g/mol. The lowest BCUT2D eigenvalue weighted by Crippen LogP contribution is -2.46. The van der Waals surface area contributed by atoms with Crippen LogP contribution in [0.1, 0.15) is 32.3 Å². The van der Waals surface area contributed by atoms with Gasteiger partial charge < -0.3 is 15.2 Å². The van der Waals surface area contributed by atoms with Crippen molar-refractivity contribution in [1.29, 1.82) is 0 Å². The van der Waals surface area contributed by atoms with E-state index >= 15 is 0 Å². The summed E-state index contributed by atoms with van der Waals surface area (Å²) in [6.07, 6.45) is 0.789. The van der Waals surface area contributed by atoms with Crippen molar-refractivity contribution in [2.75, 3.05) is 19.8 Å². The van der Waals surface area contributed by atoms with E-state index in [1.165, 1.54) is 0 Å². The lowest BCUT2D eigenvalue weighted by atomic mass is 9.76. The Hall–Kier alpha value is -1.59. The molecule has 0 bridgehead atoms. The van der Waals surface area contributed by atoms with E-state index in [-0.39, 0.29) is 32.0 Å². The van der Waals surface area contributed by atoms with E-state index in [0.717, 1.165) is 0 Å². The topological polar surface area (TPSA) is 78.6 Å². The molecule has 0 aliphatic heterocycles. The molecular weight excluding hydrogens is 306 g/mol. The van der Waals surface area contributed by atoms with Crippen LogP contribution in [-0.2, 0) is 24.5 Å². The Morgan fingerprint density at radius 3 is 1.95 bits per heavy atom. The van der Waals surface area contributed by atoms with Crippen molar-refractivity contribution in [3.05, 3.63) is 35.9 Å². The molecule has 0 saturated heterocycles. The molecule has 0 spiro atoms. The summed E-state index contributed by atoms with van der Waals surface area (Å²) in [6.45, 7) is 4.21. The second-order valence-corrected chi connectivity index (χ2v) is 4.60. The number of rotatable bonds is 8. The molecule has 0 amide bonds. The zero-order valence-electron chi connectivity index (χ0n) is 13.0. The van der Waals surface area contributed by atoms with Gasteiger partial charge >= 0.3 is 11.9 Å². The molecular formula is C16H24ClNO4. The fourth-order valence-electron chi connectivity index (χ4n) is 2.27. The number of carbonyl (C=O) groups is 2. The van der Waals surface area contributed by atoms with E-state index < -0.39 is 17.4 Å². The van der Waals surface area contributed by atoms with Gasteiger partial charge in [0.05, 0.1) is 13.2 Å². The van der Waals surface area contributed by atoms with E-state index in [1.807, 2.05) is 6.07 Å². The molecule has 0 aromatic heterocycles. The van der Waals surface area contributed by atoms with Crippen LogP contribution in [-0.4, -0.2) is 31.7 Å². The third-order valence-electron chi connectivity index (χ3n) is 3.27. The standard InChI is InChI=1S/C16H23NO4.ClH/c1-3-20-14(18)16(11-8-12-17,15(19)21-4-2)13-9-6-5-7-10-13;/h5-7,9-10H,3-4,8,11-12,17H2,1-2H3;1H. The Kier molecular flexibility index (Phi) is 9.45. The summed E-state index contributed by atoms with van der Waals surface area (Å²) in [5.41, 5.74) is 4.70. The van der Waals surface area contributed by atoms with E-state index in [4.69, 9.17) is 15.2 Å². The minimum absolute atomic E-state index is 0. The Balaban J connectivity index is 0.00000441. The first kappa shape index (κ1) is 20.4. The largest absolute Gasteiger partial charge is 0.465 e.